The molecule has 0 unspecified atom stereocenters. The number of nitrogens with two attached hydrogens (primary N) is 1. The van der Waals surface area contributed by atoms with Gasteiger partial charge in [0.2, 0.25) is 0 Å². The van der Waals surface area contributed by atoms with E-state index in [4.69, 9.17) is 5.73 Å². The molecule has 0 fully saturated rings. The van der Waals surface area contributed by atoms with Gasteiger partial charge in [-0.25, -0.2) is 0 Å². The minimum atomic E-state index is 0.489. The molecule has 1 heterocycles. The summed E-state index contributed by atoms with van der Waals surface area (Å²) in [4.78, 5) is 8.52. The maximum atomic E-state index is 6.03. The molecule has 1 aromatic carbocycles. The zero-order valence-electron chi connectivity index (χ0n) is 12.8. The molecule has 0 saturated heterocycles. The molecule has 22 heavy (non-hydrogen) atoms. The Kier molecular flexibility index (Phi) is 4.68. The molecule has 114 valence electrons. The second kappa shape index (κ2) is 7.07. The number of pyridine rings is 1. The number of fused-ring (bicyclic) bond motifs is 1. The second-order valence-electron chi connectivity index (χ2n) is 5.65. The quantitative estimate of drug-likeness (QED) is 0.673. The molecule has 4 nitrogen and oxygen atoms in total. The lowest BCUT2D eigenvalue weighted by molar-refractivity contribution is 0.687. The van der Waals surface area contributed by atoms with Gasteiger partial charge in [-0.15, -0.1) is 0 Å². The Labute approximate surface area is 131 Å². The monoisotopic (exact) mass is 294 g/mol. The average Bonchev–Trinajstić information content (AvgIpc) is 2.56. The van der Waals surface area contributed by atoms with Gasteiger partial charge < -0.3 is 11.1 Å². The molecule has 0 amide bonds. The number of rotatable bonds is 4. The number of anilines is 1. The first-order chi connectivity index (χ1) is 10.8. The average molecular weight is 294 g/mol. The van der Waals surface area contributed by atoms with E-state index in [0.717, 1.165) is 18.5 Å². The number of benzene rings is 1. The Bertz CT molecular complexity index is 649. The normalized spacial score (nSPS) is 14.5. The third kappa shape index (κ3) is 3.64. The molecule has 1 aliphatic carbocycles. The Morgan fingerprint density at radius 2 is 2.09 bits per heavy atom. The number of aryl methyl sites for hydroxylation is 1. The summed E-state index contributed by atoms with van der Waals surface area (Å²) >= 11 is 0. The number of nitrogens with one attached hydrogen (secondary N) is 1. The molecule has 1 aromatic heterocycles. The highest BCUT2D eigenvalue weighted by Gasteiger charge is 2.12. The van der Waals surface area contributed by atoms with Crippen molar-refractivity contribution < 1.29 is 0 Å². The fourth-order valence-corrected chi connectivity index (χ4v) is 2.93. The van der Waals surface area contributed by atoms with Crippen LogP contribution in [0.4, 0.5) is 5.69 Å². The number of hydrogen-bond donors (Lipinski definition) is 2. The highest BCUT2D eigenvalue weighted by atomic mass is 15.1. The summed E-state index contributed by atoms with van der Waals surface area (Å²) in [5.41, 5.74) is 11.2. The van der Waals surface area contributed by atoms with E-state index < -0.39 is 0 Å². The molecule has 2 aromatic rings. The number of aliphatic imine (C=N–C) groups is 1. The van der Waals surface area contributed by atoms with Gasteiger partial charge in [0, 0.05) is 24.6 Å². The van der Waals surface area contributed by atoms with Gasteiger partial charge in [0.1, 0.15) is 0 Å². The third-order valence-electron chi connectivity index (χ3n) is 4.06. The van der Waals surface area contributed by atoms with Crippen LogP contribution in [-0.2, 0) is 19.3 Å². The van der Waals surface area contributed by atoms with Crippen LogP contribution >= 0.6 is 0 Å². The van der Waals surface area contributed by atoms with Crippen molar-refractivity contribution in [2.24, 2.45) is 10.7 Å². The maximum Gasteiger partial charge on any atom is 0.193 e. The zero-order valence-corrected chi connectivity index (χ0v) is 12.8. The van der Waals surface area contributed by atoms with Gasteiger partial charge in [-0.05, 0) is 60.9 Å². The highest BCUT2D eigenvalue weighted by molar-refractivity contribution is 5.93. The van der Waals surface area contributed by atoms with Gasteiger partial charge in [0.15, 0.2) is 5.96 Å². The van der Waals surface area contributed by atoms with E-state index in [-0.39, 0.29) is 0 Å². The first-order valence-corrected chi connectivity index (χ1v) is 7.89. The molecule has 0 saturated carbocycles. The Hall–Kier alpha value is -2.36. The lowest BCUT2D eigenvalue weighted by Crippen LogP contribution is -2.24. The molecular weight excluding hydrogens is 272 g/mol. The van der Waals surface area contributed by atoms with Crippen molar-refractivity contribution in [3.8, 4) is 0 Å². The van der Waals surface area contributed by atoms with E-state index in [1.165, 1.54) is 36.0 Å². The predicted molar refractivity (Wildman–Crippen MR) is 91.1 cm³/mol. The number of aromatic nitrogens is 1. The van der Waals surface area contributed by atoms with Crippen LogP contribution in [0.1, 0.15) is 29.5 Å². The van der Waals surface area contributed by atoms with Crippen molar-refractivity contribution in [1.29, 1.82) is 0 Å². The number of guanidine groups is 1. The second-order valence-corrected chi connectivity index (χ2v) is 5.65. The summed E-state index contributed by atoms with van der Waals surface area (Å²) in [7, 11) is 0. The van der Waals surface area contributed by atoms with E-state index in [0.29, 0.717) is 12.5 Å². The van der Waals surface area contributed by atoms with Gasteiger partial charge in [-0.1, -0.05) is 18.2 Å². The summed E-state index contributed by atoms with van der Waals surface area (Å²) in [6.07, 6.45) is 9.33. The van der Waals surface area contributed by atoms with Gasteiger partial charge >= 0.3 is 0 Å². The standard InChI is InChI=1S/C18H22N4/c19-18(21-12-10-14-5-4-11-20-13-14)22-17-9-3-7-15-6-1-2-8-16(15)17/h3-5,7,9,11,13H,1-2,6,8,10,12H2,(H3,19,21,22). The SMILES string of the molecule is NC(=NCCc1cccnc1)Nc1cccc2c1CCCC2. The Balaban J connectivity index is 1.62. The first kappa shape index (κ1) is 14.6. The van der Waals surface area contributed by atoms with Crippen LogP contribution in [0, 0.1) is 0 Å². The molecule has 1 aliphatic rings. The Morgan fingerprint density at radius 1 is 1.18 bits per heavy atom. The first-order valence-electron chi connectivity index (χ1n) is 7.89. The molecule has 0 bridgehead atoms. The van der Waals surface area contributed by atoms with Crippen molar-refractivity contribution in [1.82, 2.24) is 4.98 Å². The van der Waals surface area contributed by atoms with Crippen LogP contribution in [-0.4, -0.2) is 17.5 Å². The van der Waals surface area contributed by atoms with Gasteiger partial charge in [0.25, 0.3) is 0 Å². The molecular formula is C18H22N4. The molecule has 0 spiro atoms. The van der Waals surface area contributed by atoms with Crippen LogP contribution in [0.15, 0.2) is 47.7 Å². The molecule has 3 N–H and O–H groups in total. The lowest BCUT2D eigenvalue weighted by atomic mass is 9.90. The summed E-state index contributed by atoms with van der Waals surface area (Å²) < 4.78 is 0. The van der Waals surface area contributed by atoms with Crippen molar-refractivity contribution >= 4 is 11.6 Å². The zero-order chi connectivity index (χ0) is 15.2. The molecule has 0 atom stereocenters. The maximum absolute atomic E-state index is 6.03. The van der Waals surface area contributed by atoms with E-state index in [1.54, 1.807) is 6.20 Å². The topological polar surface area (TPSA) is 63.3 Å². The lowest BCUT2D eigenvalue weighted by Gasteiger charge is -2.19. The van der Waals surface area contributed by atoms with Crippen molar-refractivity contribution in [3.05, 3.63) is 59.4 Å². The summed E-state index contributed by atoms with van der Waals surface area (Å²) in [5, 5.41) is 3.27. The summed E-state index contributed by atoms with van der Waals surface area (Å²) in [6.45, 7) is 0.666. The van der Waals surface area contributed by atoms with Crippen molar-refractivity contribution in [2.45, 2.75) is 32.1 Å². The fraction of sp³-hybridized carbons (Fsp3) is 0.333. The summed E-state index contributed by atoms with van der Waals surface area (Å²) in [5.74, 6) is 0.489. The minimum Gasteiger partial charge on any atom is -0.370 e. The van der Waals surface area contributed by atoms with E-state index >= 15 is 0 Å². The Morgan fingerprint density at radius 3 is 2.95 bits per heavy atom. The van der Waals surface area contributed by atoms with Gasteiger partial charge in [-0.3, -0.25) is 9.98 Å². The van der Waals surface area contributed by atoms with Crippen molar-refractivity contribution in [2.75, 3.05) is 11.9 Å². The van der Waals surface area contributed by atoms with Gasteiger partial charge in [0.05, 0.1) is 0 Å². The number of hydrogen-bond acceptors (Lipinski definition) is 2. The fourth-order valence-electron chi connectivity index (χ4n) is 2.93. The largest absolute Gasteiger partial charge is 0.370 e. The van der Waals surface area contributed by atoms with Crippen LogP contribution in [0.2, 0.25) is 0 Å². The summed E-state index contributed by atoms with van der Waals surface area (Å²) in [6, 6.07) is 10.4. The van der Waals surface area contributed by atoms with Crippen LogP contribution in [0.3, 0.4) is 0 Å². The van der Waals surface area contributed by atoms with E-state index in [9.17, 15) is 0 Å². The number of nitrogens with zero attached hydrogens (tertiary/aromatic N) is 2. The van der Waals surface area contributed by atoms with Crippen molar-refractivity contribution in [3.63, 3.8) is 0 Å². The van der Waals surface area contributed by atoms with Gasteiger partial charge in [-0.2, -0.15) is 0 Å². The smallest absolute Gasteiger partial charge is 0.193 e. The van der Waals surface area contributed by atoms with Crippen LogP contribution in [0.5, 0.6) is 0 Å². The predicted octanol–water partition coefficient (Wildman–Crippen LogP) is 2.93. The molecule has 3 rings (SSSR count). The van der Waals surface area contributed by atoms with E-state index in [1.807, 2.05) is 12.3 Å². The molecule has 4 heteroatoms. The molecule has 0 aliphatic heterocycles. The van der Waals surface area contributed by atoms with Crippen LogP contribution in [0.25, 0.3) is 0 Å². The highest BCUT2D eigenvalue weighted by Crippen LogP contribution is 2.27. The van der Waals surface area contributed by atoms with E-state index in [2.05, 4.69) is 39.6 Å². The minimum absolute atomic E-state index is 0.489. The molecule has 0 radical (unpaired) electrons. The third-order valence-corrected chi connectivity index (χ3v) is 4.06. The van der Waals surface area contributed by atoms with Crippen LogP contribution < -0.4 is 11.1 Å².